The maximum Gasteiger partial charge on any atom is 0.240 e. The first-order chi connectivity index (χ1) is 7.51. The van der Waals surface area contributed by atoms with Gasteiger partial charge in [-0.2, -0.15) is 5.26 Å². The van der Waals surface area contributed by atoms with Crippen LogP contribution < -0.4 is 5.32 Å². The molecule has 3 unspecified atom stereocenters. The van der Waals surface area contributed by atoms with E-state index in [1.807, 2.05) is 6.92 Å². The summed E-state index contributed by atoms with van der Waals surface area (Å²) in [5, 5.41) is 21.1. The Morgan fingerprint density at radius 3 is 2.75 bits per heavy atom. The Bertz CT molecular complexity index is 298. The van der Waals surface area contributed by atoms with Crippen molar-refractivity contribution in [2.75, 3.05) is 6.54 Å². The molecule has 1 fully saturated rings. The van der Waals surface area contributed by atoms with E-state index in [2.05, 4.69) is 11.4 Å². The van der Waals surface area contributed by atoms with Crippen LogP contribution in [0.15, 0.2) is 0 Å². The molecule has 0 radical (unpaired) electrons. The van der Waals surface area contributed by atoms with Crippen molar-refractivity contribution in [3.8, 4) is 6.07 Å². The van der Waals surface area contributed by atoms with Crippen LogP contribution in [0.3, 0.4) is 0 Å². The van der Waals surface area contributed by atoms with Crippen molar-refractivity contribution in [3.63, 3.8) is 0 Å². The molecule has 0 heterocycles. The highest BCUT2D eigenvalue weighted by Gasteiger charge is 2.32. The average Bonchev–Trinajstić information content (AvgIpc) is 2.70. The molecule has 0 bridgehead atoms. The zero-order valence-corrected chi connectivity index (χ0v) is 9.99. The van der Waals surface area contributed by atoms with Crippen molar-refractivity contribution >= 4 is 5.91 Å². The van der Waals surface area contributed by atoms with E-state index in [0.29, 0.717) is 18.9 Å². The Balaban J connectivity index is 2.38. The Morgan fingerprint density at radius 1 is 1.62 bits per heavy atom. The van der Waals surface area contributed by atoms with Crippen LogP contribution in [0.1, 0.15) is 39.5 Å². The first-order valence-corrected chi connectivity index (χ1v) is 5.89. The number of rotatable bonds is 4. The van der Waals surface area contributed by atoms with E-state index >= 15 is 0 Å². The summed E-state index contributed by atoms with van der Waals surface area (Å²) in [5.41, 5.74) is -0.919. The molecule has 0 aromatic rings. The van der Waals surface area contributed by atoms with Crippen molar-refractivity contribution in [1.82, 2.24) is 5.32 Å². The number of aliphatic hydroxyl groups excluding tert-OH is 1. The number of nitrogens with one attached hydrogen (secondary N) is 1. The summed E-state index contributed by atoms with van der Waals surface area (Å²) in [6.07, 6.45) is 2.84. The van der Waals surface area contributed by atoms with Gasteiger partial charge in [-0.1, -0.05) is 6.92 Å². The largest absolute Gasteiger partial charge is 0.393 e. The van der Waals surface area contributed by atoms with Crippen LogP contribution in [-0.4, -0.2) is 23.7 Å². The molecule has 1 saturated carbocycles. The minimum atomic E-state index is -0.919. The number of hydrogen-bond acceptors (Lipinski definition) is 3. The number of nitrogens with zero attached hydrogens (tertiary/aromatic N) is 1. The van der Waals surface area contributed by atoms with Gasteiger partial charge < -0.3 is 10.4 Å². The molecular weight excluding hydrogens is 204 g/mol. The maximum atomic E-state index is 11.8. The minimum Gasteiger partial charge on any atom is -0.393 e. The summed E-state index contributed by atoms with van der Waals surface area (Å²) < 4.78 is 0. The topological polar surface area (TPSA) is 73.1 Å². The van der Waals surface area contributed by atoms with Crippen molar-refractivity contribution in [2.45, 2.75) is 45.6 Å². The first-order valence-electron chi connectivity index (χ1n) is 5.89. The fraction of sp³-hybridized carbons (Fsp3) is 0.833. The highest BCUT2D eigenvalue weighted by atomic mass is 16.3. The fourth-order valence-corrected chi connectivity index (χ4v) is 1.96. The van der Waals surface area contributed by atoms with E-state index < -0.39 is 5.41 Å². The average molecular weight is 224 g/mol. The molecule has 90 valence electrons. The number of amides is 1. The van der Waals surface area contributed by atoms with Gasteiger partial charge in [0.1, 0.15) is 5.41 Å². The van der Waals surface area contributed by atoms with Crippen LogP contribution in [0.2, 0.25) is 0 Å². The maximum absolute atomic E-state index is 11.8. The van der Waals surface area contributed by atoms with Crippen molar-refractivity contribution in [3.05, 3.63) is 0 Å². The molecule has 0 aromatic carbocycles. The van der Waals surface area contributed by atoms with Crippen molar-refractivity contribution in [2.24, 2.45) is 11.3 Å². The van der Waals surface area contributed by atoms with Crippen molar-refractivity contribution in [1.29, 1.82) is 5.26 Å². The second-order valence-corrected chi connectivity index (χ2v) is 4.84. The van der Waals surface area contributed by atoms with Crippen LogP contribution in [-0.2, 0) is 4.79 Å². The Morgan fingerprint density at radius 2 is 2.31 bits per heavy atom. The molecule has 0 saturated heterocycles. The van der Waals surface area contributed by atoms with Gasteiger partial charge in [0.25, 0.3) is 0 Å². The van der Waals surface area contributed by atoms with Crippen LogP contribution in [0.25, 0.3) is 0 Å². The third kappa shape index (κ3) is 2.96. The van der Waals surface area contributed by atoms with E-state index in [9.17, 15) is 9.90 Å². The lowest BCUT2D eigenvalue weighted by Crippen LogP contribution is -2.39. The monoisotopic (exact) mass is 224 g/mol. The molecule has 2 N–H and O–H groups in total. The summed E-state index contributed by atoms with van der Waals surface area (Å²) in [7, 11) is 0. The molecule has 1 rings (SSSR count). The van der Waals surface area contributed by atoms with Gasteiger partial charge in [0.2, 0.25) is 5.91 Å². The lowest BCUT2D eigenvalue weighted by atomic mass is 9.88. The molecule has 3 atom stereocenters. The predicted octanol–water partition coefficient (Wildman–Crippen LogP) is 1.20. The molecule has 1 amide bonds. The molecule has 0 aliphatic heterocycles. The fourth-order valence-electron chi connectivity index (χ4n) is 1.96. The SMILES string of the molecule is CCC(C)(C#N)C(=O)NCC1CCC(O)C1. The molecule has 1 aliphatic rings. The lowest BCUT2D eigenvalue weighted by Gasteiger charge is -2.20. The molecule has 0 spiro atoms. The number of carbonyl (C=O) groups is 1. The third-order valence-corrected chi connectivity index (χ3v) is 3.52. The van der Waals surface area contributed by atoms with Gasteiger partial charge in [-0.25, -0.2) is 0 Å². The number of aliphatic hydroxyl groups is 1. The van der Waals surface area contributed by atoms with Gasteiger partial charge >= 0.3 is 0 Å². The summed E-state index contributed by atoms with van der Waals surface area (Å²) >= 11 is 0. The van der Waals surface area contributed by atoms with Gasteiger partial charge in [-0.05, 0) is 38.5 Å². The molecule has 4 heteroatoms. The van der Waals surface area contributed by atoms with Crippen LogP contribution >= 0.6 is 0 Å². The number of nitriles is 1. The van der Waals surface area contributed by atoms with Gasteiger partial charge in [0.05, 0.1) is 12.2 Å². The Kier molecular flexibility index (Phi) is 4.31. The third-order valence-electron chi connectivity index (χ3n) is 3.52. The number of hydrogen-bond donors (Lipinski definition) is 2. The van der Waals surface area contributed by atoms with E-state index in [1.54, 1.807) is 6.92 Å². The molecule has 16 heavy (non-hydrogen) atoms. The standard InChI is InChI=1S/C12H20N2O2/c1-3-12(2,8-13)11(16)14-7-9-4-5-10(15)6-9/h9-10,15H,3-7H2,1-2H3,(H,14,16). The highest BCUT2D eigenvalue weighted by molar-refractivity contribution is 5.84. The quantitative estimate of drug-likeness (QED) is 0.753. The molecule has 0 aromatic heterocycles. The Labute approximate surface area is 96.6 Å². The first kappa shape index (κ1) is 13.0. The summed E-state index contributed by atoms with van der Waals surface area (Å²) in [5.74, 6) is 0.164. The summed E-state index contributed by atoms with van der Waals surface area (Å²) in [6, 6.07) is 2.05. The van der Waals surface area contributed by atoms with Gasteiger partial charge in [-0.3, -0.25) is 4.79 Å². The van der Waals surface area contributed by atoms with E-state index in [-0.39, 0.29) is 12.0 Å². The smallest absolute Gasteiger partial charge is 0.240 e. The van der Waals surface area contributed by atoms with E-state index in [4.69, 9.17) is 5.26 Å². The van der Waals surface area contributed by atoms with Gasteiger partial charge in [0.15, 0.2) is 0 Å². The zero-order chi connectivity index (χ0) is 12.2. The van der Waals surface area contributed by atoms with Crippen LogP contribution in [0.4, 0.5) is 0 Å². The Hall–Kier alpha value is -1.08. The van der Waals surface area contributed by atoms with Gasteiger partial charge in [-0.15, -0.1) is 0 Å². The second kappa shape index (κ2) is 5.31. The molecule has 4 nitrogen and oxygen atoms in total. The number of carbonyl (C=O) groups excluding carboxylic acids is 1. The van der Waals surface area contributed by atoms with E-state index in [1.165, 1.54) is 0 Å². The zero-order valence-electron chi connectivity index (χ0n) is 9.99. The lowest BCUT2D eigenvalue weighted by molar-refractivity contribution is -0.127. The van der Waals surface area contributed by atoms with Gasteiger partial charge in [0, 0.05) is 6.54 Å². The second-order valence-electron chi connectivity index (χ2n) is 4.84. The van der Waals surface area contributed by atoms with Crippen LogP contribution in [0.5, 0.6) is 0 Å². The normalized spacial score (nSPS) is 28.1. The minimum absolute atomic E-state index is 0.195. The predicted molar refractivity (Wildman–Crippen MR) is 60.4 cm³/mol. The summed E-state index contributed by atoms with van der Waals surface area (Å²) in [6.45, 7) is 4.07. The summed E-state index contributed by atoms with van der Waals surface area (Å²) in [4.78, 5) is 11.8. The van der Waals surface area contributed by atoms with Crippen LogP contribution in [0, 0.1) is 22.7 Å². The highest BCUT2D eigenvalue weighted by Crippen LogP contribution is 2.25. The molecule has 1 aliphatic carbocycles. The molecular formula is C12H20N2O2. The van der Waals surface area contributed by atoms with E-state index in [0.717, 1.165) is 19.3 Å². The van der Waals surface area contributed by atoms with Crippen molar-refractivity contribution < 1.29 is 9.90 Å².